The molecule has 1 amide bonds. The first-order valence-electron chi connectivity index (χ1n) is 15.2. The van der Waals surface area contributed by atoms with Crippen molar-refractivity contribution in [1.82, 2.24) is 29.5 Å². The van der Waals surface area contributed by atoms with Gasteiger partial charge in [-0.25, -0.2) is 9.97 Å². The van der Waals surface area contributed by atoms with Crippen molar-refractivity contribution >= 4 is 23.2 Å². The van der Waals surface area contributed by atoms with Crippen molar-refractivity contribution in [2.75, 3.05) is 57.6 Å². The molecule has 13 heteroatoms. The maximum Gasteiger partial charge on any atom is 0.416 e. The molecule has 0 unspecified atom stereocenters. The molecular formula is C34H37F3N8O2. The number of nitrogens with one attached hydrogen (secondary N) is 2. The molecule has 10 nitrogen and oxygen atoms in total. The summed E-state index contributed by atoms with van der Waals surface area (Å²) in [6.45, 7) is 8.12. The molecule has 0 bridgehead atoms. The van der Waals surface area contributed by atoms with E-state index >= 15 is 0 Å². The maximum atomic E-state index is 14.0. The summed E-state index contributed by atoms with van der Waals surface area (Å²) in [6.07, 6.45) is 0.478. The summed E-state index contributed by atoms with van der Waals surface area (Å²) < 4.78 is 49.0. The smallest absolute Gasteiger partial charge is 0.383 e. The van der Waals surface area contributed by atoms with E-state index in [2.05, 4.69) is 42.4 Å². The largest absolute Gasteiger partial charge is 0.416 e. The molecule has 1 fully saturated rings. The number of rotatable bonds is 9. The highest BCUT2D eigenvalue weighted by atomic mass is 19.4. The van der Waals surface area contributed by atoms with Gasteiger partial charge < -0.3 is 20.3 Å². The molecule has 1 aliphatic rings. The number of ether oxygens (including phenoxy) is 1. The minimum atomic E-state index is -4.56. The van der Waals surface area contributed by atoms with Gasteiger partial charge in [-0.1, -0.05) is 24.0 Å². The van der Waals surface area contributed by atoms with Crippen LogP contribution < -0.4 is 10.6 Å². The van der Waals surface area contributed by atoms with Crippen LogP contribution in [0.4, 0.5) is 30.5 Å². The molecule has 1 aliphatic heterocycles. The number of carbonyl (C=O) groups excluding carboxylic acids is 1. The molecule has 5 rings (SSSR count). The van der Waals surface area contributed by atoms with E-state index in [-0.39, 0.29) is 23.4 Å². The lowest BCUT2D eigenvalue weighted by Crippen LogP contribution is -2.44. The second-order valence-corrected chi connectivity index (χ2v) is 11.5. The highest BCUT2D eigenvalue weighted by molar-refractivity contribution is 6.04. The van der Waals surface area contributed by atoms with Gasteiger partial charge in [-0.3, -0.25) is 14.4 Å². The van der Waals surface area contributed by atoms with Gasteiger partial charge in [-0.05, 0) is 56.3 Å². The third kappa shape index (κ3) is 8.94. The maximum absolute atomic E-state index is 14.0. The van der Waals surface area contributed by atoms with E-state index in [9.17, 15) is 18.0 Å². The van der Waals surface area contributed by atoms with Crippen molar-refractivity contribution < 1.29 is 22.7 Å². The average Bonchev–Trinajstić information content (AvgIpc) is 3.39. The molecular weight excluding hydrogens is 609 g/mol. The Morgan fingerprint density at radius 3 is 2.47 bits per heavy atom. The third-order valence-corrected chi connectivity index (χ3v) is 7.87. The van der Waals surface area contributed by atoms with E-state index in [1.165, 1.54) is 12.1 Å². The predicted molar refractivity (Wildman–Crippen MR) is 173 cm³/mol. The number of aromatic nitrogens is 4. The number of anilines is 3. The number of nitrogens with zero attached hydrogens (tertiary/aromatic N) is 6. The zero-order valence-corrected chi connectivity index (χ0v) is 26.8. The zero-order chi connectivity index (χ0) is 33.6. The van der Waals surface area contributed by atoms with E-state index < -0.39 is 17.6 Å². The zero-order valence-electron chi connectivity index (χ0n) is 26.8. The minimum absolute atomic E-state index is 0.0704. The van der Waals surface area contributed by atoms with Gasteiger partial charge in [0, 0.05) is 75.2 Å². The van der Waals surface area contributed by atoms with Crippen LogP contribution in [0.3, 0.4) is 0 Å². The predicted octanol–water partition coefficient (Wildman–Crippen LogP) is 5.10. The Balaban J connectivity index is 1.26. The van der Waals surface area contributed by atoms with E-state index in [0.29, 0.717) is 43.3 Å². The van der Waals surface area contributed by atoms with Gasteiger partial charge in [-0.2, -0.15) is 18.3 Å². The number of piperazine rings is 1. The van der Waals surface area contributed by atoms with Gasteiger partial charge in [0.1, 0.15) is 0 Å². The van der Waals surface area contributed by atoms with Crippen LogP contribution in [0.25, 0.3) is 0 Å². The number of aryl methyl sites for hydroxylation is 2. The normalized spacial score (nSPS) is 14.0. The van der Waals surface area contributed by atoms with Crippen LogP contribution in [-0.4, -0.2) is 82.4 Å². The van der Waals surface area contributed by atoms with Crippen molar-refractivity contribution in [1.29, 1.82) is 0 Å². The summed E-state index contributed by atoms with van der Waals surface area (Å²) in [5, 5.41) is 10.2. The van der Waals surface area contributed by atoms with E-state index in [4.69, 9.17) is 4.74 Å². The van der Waals surface area contributed by atoms with Crippen LogP contribution >= 0.6 is 0 Å². The standard InChI is InChI=1S/C34H37F3N8O2/c1-23-5-7-27(32(46)40-29-10-9-28(30(18-29)34(35,36)37)21-44-13-11-43(3)12-14-44)17-26(23)8-6-25-19-38-33(39-20-25)41-31-22-45(15-16-47-4)42-24(31)2/h5,7,9-10,17-20,22H,11-16,21H2,1-4H3,(H,40,46)(H,38,39,41). The van der Waals surface area contributed by atoms with Crippen molar-refractivity contribution in [3.8, 4) is 11.8 Å². The van der Waals surface area contributed by atoms with Gasteiger partial charge in [0.05, 0.1) is 35.7 Å². The van der Waals surface area contributed by atoms with Crippen molar-refractivity contribution in [2.45, 2.75) is 33.1 Å². The molecule has 0 saturated carbocycles. The van der Waals surface area contributed by atoms with Crippen LogP contribution in [0, 0.1) is 25.7 Å². The summed E-state index contributed by atoms with van der Waals surface area (Å²) in [7, 11) is 3.63. The van der Waals surface area contributed by atoms with Crippen molar-refractivity contribution in [2.24, 2.45) is 0 Å². The second kappa shape index (κ2) is 14.8. The first kappa shape index (κ1) is 33.6. The van der Waals surface area contributed by atoms with Crippen LogP contribution in [-0.2, 0) is 24.0 Å². The quantitative estimate of drug-likeness (QED) is 0.243. The summed E-state index contributed by atoms with van der Waals surface area (Å²) >= 11 is 0. The first-order chi connectivity index (χ1) is 22.5. The number of halogens is 3. The van der Waals surface area contributed by atoms with E-state index in [1.54, 1.807) is 42.4 Å². The molecule has 47 heavy (non-hydrogen) atoms. The fourth-order valence-electron chi connectivity index (χ4n) is 5.06. The molecule has 0 aliphatic carbocycles. The molecule has 1 saturated heterocycles. The highest BCUT2D eigenvalue weighted by Gasteiger charge is 2.34. The lowest BCUT2D eigenvalue weighted by atomic mass is 10.0. The van der Waals surface area contributed by atoms with E-state index in [1.807, 2.05) is 32.0 Å². The molecule has 0 atom stereocenters. The van der Waals surface area contributed by atoms with Gasteiger partial charge in [0.15, 0.2) is 0 Å². The van der Waals surface area contributed by atoms with Crippen LogP contribution in [0.15, 0.2) is 55.0 Å². The molecule has 2 aromatic carbocycles. The van der Waals surface area contributed by atoms with Crippen LogP contribution in [0.2, 0.25) is 0 Å². The molecule has 0 radical (unpaired) electrons. The lowest BCUT2D eigenvalue weighted by molar-refractivity contribution is -0.138. The Morgan fingerprint density at radius 1 is 1.02 bits per heavy atom. The summed E-state index contributed by atoms with van der Waals surface area (Å²) in [4.78, 5) is 26.0. The summed E-state index contributed by atoms with van der Waals surface area (Å²) in [6, 6.07) is 8.95. The summed E-state index contributed by atoms with van der Waals surface area (Å²) in [5.41, 5.74) is 3.35. The number of carbonyl (C=O) groups is 1. The third-order valence-electron chi connectivity index (χ3n) is 7.87. The first-order valence-corrected chi connectivity index (χ1v) is 15.2. The minimum Gasteiger partial charge on any atom is -0.383 e. The SMILES string of the molecule is COCCn1cc(Nc2ncc(C#Cc3cc(C(=O)Nc4ccc(CN5CCN(C)CC5)c(C(F)(F)F)c4)ccc3C)cn2)c(C)n1. The topological polar surface area (TPSA) is 100 Å². The Bertz CT molecular complexity index is 1770. The molecule has 4 aromatic rings. The second-order valence-electron chi connectivity index (χ2n) is 11.5. The monoisotopic (exact) mass is 646 g/mol. The number of hydrogen-bond donors (Lipinski definition) is 2. The van der Waals surface area contributed by atoms with Crippen LogP contribution in [0.5, 0.6) is 0 Å². The lowest BCUT2D eigenvalue weighted by Gasteiger charge is -2.33. The number of methoxy groups -OCH3 is 1. The number of benzene rings is 2. The molecule has 2 aromatic heterocycles. The number of amides is 1. The Kier molecular flexibility index (Phi) is 10.6. The summed E-state index contributed by atoms with van der Waals surface area (Å²) in [5.74, 6) is 5.93. The fourth-order valence-corrected chi connectivity index (χ4v) is 5.06. The van der Waals surface area contributed by atoms with Gasteiger partial charge >= 0.3 is 6.18 Å². The van der Waals surface area contributed by atoms with Gasteiger partial charge in [0.25, 0.3) is 5.91 Å². The average molecular weight is 647 g/mol. The fraction of sp³-hybridized carbons (Fsp3) is 0.353. The Morgan fingerprint density at radius 2 is 1.77 bits per heavy atom. The molecule has 246 valence electrons. The molecule has 0 spiro atoms. The van der Waals surface area contributed by atoms with Crippen LogP contribution in [0.1, 0.15) is 43.9 Å². The van der Waals surface area contributed by atoms with Gasteiger partial charge in [-0.15, -0.1) is 0 Å². The van der Waals surface area contributed by atoms with Crippen molar-refractivity contribution in [3.05, 3.63) is 94.1 Å². The molecule has 2 N–H and O–H groups in total. The number of alkyl halides is 3. The number of hydrogen-bond acceptors (Lipinski definition) is 8. The Hall–Kier alpha value is -4.77. The van der Waals surface area contributed by atoms with Gasteiger partial charge in [0.2, 0.25) is 5.95 Å². The molecule has 3 heterocycles. The Labute approximate surface area is 272 Å². The highest BCUT2D eigenvalue weighted by Crippen LogP contribution is 2.35. The van der Waals surface area contributed by atoms with Crippen molar-refractivity contribution in [3.63, 3.8) is 0 Å². The van der Waals surface area contributed by atoms with E-state index in [0.717, 1.165) is 36.1 Å². The number of likely N-dealkylation sites (N-methyl/N-ethyl adjacent to an activating group) is 1.